The smallest absolute Gasteiger partial charge is 0.0979 e. The van der Waals surface area contributed by atoms with E-state index in [2.05, 4.69) is 276 Å². The quantitative estimate of drug-likeness (QED) is 0.125. The number of para-hydroxylation sites is 6. The van der Waals surface area contributed by atoms with Crippen LogP contribution >= 0.6 is 0 Å². The summed E-state index contributed by atoms with van der Waals surface area (Å²) in [6.45, 7) is 0. The molecule has 9 nitrogen and oxygen atoms in total. The third kappa shape index (κ3) is 13.2. The second-order valence-electron chi connectivity index (χ2n) is 28.6. The van der Waals surface area contributed by atoms with Crippen molar-refractivity contribution >= 4 is 87.0 Å². The molecule has 0 bridgehead atoms. The van der Waals surface area contributed by atoms with Gasteiger partial charge in [-0.3, -0.25) is 15.0 Å². The minimum atomic E-state index is 0.886. The third-order valence-electron chi connectivity index (χ3n) is 21.7. The first kappa shape index (κ1) is 69.5. The van der Waals surface area contributed by atoms with Gasteiger partial charge in [0.25, 0.3) is 0 Å². The van der Waals surface area contributed by atoms with Crippen LogP contribution in [0.15, 0.2) is 419 Å². The van der Waals surface area contributed by atoms with Crippen LogP contribution in [0.2, 0.25) is 0 Å². The van der Waals surface area contributed by atoms with Gasteiger partial charge in [0.1, 0.15) is 0 Å². The number of hydrogen-bond donors (Lipinski definition) is 0. The normalized spacial score (nSPS) is 11.3. The van der Waals surface area contributed by atoms with Crippen molar-refractivity contribution in [2.75, 3.05) is 0 Å². The monoisotopic (exact) mass is 1480 g/mol. The molecule has 6 aromatic heterocycles. The molecule has 0 saturated carbocycles. The van der Waals surface area contributed by atoms with Gasteiger partial charge in [-0.15, -0.1) is 0 Å². The summed E-state index contributed by atoms with van der Waals surface area (Å²) in [4.78, 5) is 43.9. The Morgan fingerprint density at radius 2 is 0.414 bits per heavy atom. The maximum atomic E-state index is 5.20. The predicted molar refractivity (Wildman–Crippen MR) is 479 cm³/mol. The highest BCUT2D eigenvalue weighted by atomic mass is 14.9. The number of pyridine rings is 3. The lowest BCUT2D eigenvalue weighted by atomic mass is 9.88. The Morgan fingerprint density at radius 1 is 0.138 bits per heavy atom. The molecule has 0 atom stereocenters. The first-order chi connectivity index (χ1) is 57.6. The van der Waals surface area contributed by atoms with E-state index in [-0.39, 0.29) is 0 Å². The highest BCUT2D eigenvalue weighted by Crippen LogP contribution is 2.46. The van der Waals surface area contributed by atoms with Gasteiger partial charge in [-0.25, -0.2) is 29.9 Å². The largest absolute Gasteiger partial charge is 0.265 e. The fourth-order valence-electron chi connectivity index (χ4n) is 16.3. The van der Waals surface area contributed by atoms with Gasteiger partial charge >= 0.3 is 0 Å². The summed E-state index contributed by atoms with van der Waals surface area (Å²) in [6.07, 6.45) is 9.28. The number of nitrogens with zero attached hydrogens (tertiary/aromatic N) is 9. The number of benzene rings is 16. The summed E-state index contributed by atoms with van der Waals surface area (Å²) in [7, 11) is 0. The molecule has 0 aliphatic carbocycles. The molecule has 0 aliphatic rings. The molecule has 6 heterocycles. The molecular weight excluding hydrogens is 1410 g/mol. The SMILES string of the molecule is c1ccc(-c2nc3ccccc3nc2-c2ccc(-c3ccc(-c4cccnc4)c4ccccc34)c3ccccc23)cc1.c1ccc(-c2nc3ccccc3nc2-c2ccc(-c3ccc(-c4ccncc4)c4ccccc34)c3ccccc23)cc1.c1ccc(-c2nc3ccccc3nc2-c2cccc3c(-c4ccccn4)cccc23)cc1. The van der Waals surface area contributed by atoms with Gasteiger partial charge < -0.3 is 0 Å². The van der Waals surface area contributed by atoms with Gasteiger partial charge in [0.15, 0.2) is 0 Å². The Bertz CT molecular complexity index is 7110. The van der Waals surface area contributed by atoms with Crippen LogP contribution in [0.25, 0.3) is 210 Å². The number of rotatable bonds is 11. The van der Waals surface area contributed by atoms with Crippen LogP contribution in [0.4, 0.5) is 0 Å². The molecule has 22 rings (SSSR count). The number of fused-ring (bicyclic) bond motifs is 8. The Kier molecular flexibility index (Phi) is 18.5. The lowest BCUT2D eigenvalue weighted by Crippen LogP contribution is -1.96. The summed E-state index contributed by atoms with van der Waals surface area (Å²) in [6, 6.07) is 135. The average Bonchev–Trinajstić information content (AvgIpc) is 0.752. The van der Waals surface area contributed by atoms with Crippen LogP contribution in [0.3, 0.4) is 0 Å². The van der Waals surface area contributed by atoms with E-state index in [0.717, 1.165) is 145 Å². The Balaban J connectivity index is 0.000000113. The predicted octanol–water partition coefficient (Wildman–Crippen LogP) is 27.2. The topological polar surface area (TPSA) is 116 Å². The van der Waals surface area contributed by atoms with Crippen molar-refractivity contribution in [1.29, 1.82) is 0 Å². The standard InChI is InChI=1S/2C39H25N3.C29H19N3/c1-2-11-26(12-3-1)38-39(42-37-19-9-8-18-36(37)41-38)35-23-22-34(31-16-6-7-17-32(31)35)33-21-20-28(27-13-10-24-40-25-27)29-14-4-5-15-30(29)33;1-2-10-27(11-3-1)38-39(42-37-17-9-8-16-36(37)41-38)35-21-20-34(31-14-6-7-15-32(31)35)33-19-18-28(26-22-24-40-25-23-26)29-12-4-5-13-30(29)33;1-2-10-20(11-3-1)28-29(32-27-18-5-4-17-26(27)31-28)24-15-9-12-21-22(24)13-8-14-23(21)25-16-6-7-19-30-25/h2*1-25H;1-19H. The van der Waals surface area contributed by atoms with E-state index in [1.165, 1.54) is 65.7 Å². The molecule has 0 amide bonds. The number of hydrogen-bond acceptors (Lipinski definition) is 9. The van der Waals surface area contributed by atoms with Crippen LogP contribution in [0.1, 0.15) is 0 Å². The summed E-state index contributed by atoms with van der Waals surface area (Å²) in [5.41, 5.74) is 28.6. The first-order valence-corrected chi connectivity index (χ1v) is 38.9. The van der Waals surface area contributed by atoms with E-state index in [1.807, 2.05) is 158 Å². The Morgan fingerprint density at radius 3 is 0.776 bits per heavy atom. The molecular formula is C107H69N9. The van der Waals surface area contributed by atoms with Gasteiger partial charge in [0.05, 0.1) is 73.0 Å². The fourth-order valence-corrected chi connectivity index (χ4v) is 16.3. The maximum absolute atomic E-state index is 5.20. The minimum Gasteiger partial charge on any atom is -0.265 e. The second kappa shape index (κ2) is 30.9. The van der Waals surface area contributed by atoms with Crippen molar-refractivity contribution in [3.63, 3.8) is 0 Å². The molecule has 0 saturated heterocycles. The molecule has 0 fully saturated rings. The maximum Gasteiger partial charge on any atom is 0.0979 e. The molecule has 0 radical (unpaired) electrons. The molecule has 16 aromatic carbocycles. The zero-order chi connectivity index (χ0) is 77.1. The van der Waals surface area contributed by atoms with Crippen LogP contribution < -0.4 is 0 Å². The van der Waals surface area contributed by atoms with Crippen molar-refractivity contribution < 1.29 is 0 Å². The van der Waals surface area contributed by atoms with Crippen LogP contribution in [-0.2, 0) is 0 Å². The van der Waals surface area contributed by atoms with Gasteiger partial charge in [-0.1, -0.05) is 322 Å². The molecule has 9 heteroatoms. The minimum absolute atomic E-state index is 0.886. The van der Waals surface area contributed by atoms with Crippen molar-refractivity contribution in [2.24, 2.45) is 0 Å². The second-order valence-corrected chi connectivity index (χ2v) is 28.6. The van der Waals surface area contributed by atoms with E-state index in [1.54, 1.807) is 0 Å². The summed E-state index contributed by atoms with van der Waals surface area (Å²) < 4.78 is 0. The Hall–Kier alpha value is -15.7. The Labute approximate surface area is 670 Å². The van der Waals surface area contributed by atoms with Crippen LogP contribution in [-0.4, -0.2) is 44.9 Å². The number of aromatic nitrogens is 9. The van der Waals surface area contributed by atoms with E-state index < -0.39 is 0 Å². The molecule has 22 aromatic rings. The van der Waals surface area contributed by atoms with Crippen LogP contribution in [0, 0.1) is 0 Å². The molecule has 0 N–H and O–H groups in total. The molecule has 0 aliphatic heterocycles. The molecule has 116 heavy (non-hydrogen) atoms. The fraction of sp³-hybridized carbons (Fsp3) is 0. The van der Waals surface area contributed by atoms with E-state index in [4.69, 9.17) is 29.9 Å². The zero-order valence-electron chi connectivity index (χ0n) is 62.9. The van der Waals surface area contributed by atoms with Crippen molar-refractivity contribution in [3.05, 3.63) is 419 Å². The van der Waals surface area contributed by atoms with Gasteiger partial charge in [-0.05, 0) is 160 Å². The van der Waals surface area contributed by atoms with Crippen molar-refractivity contribution in [3.8, 4) is 123 Å². The van der Waals surface area contributed by atoms with Crippen molar-refractivity contribution in [1.82, 2.24) is 44.9 Å². The average molecular weight is 1480 g/mol. The lowest BCUT2D eigenvalue weighted by Gasteiger charge is -2.17. The van der Waals surface area contributed by atoms with Gasteiger partial charge in [-0.2, -0.15) is 0 Å². The highest BCUT2D eigenvalue weighted by molar-refractivity contribution is 6.15. The van der Waals surface area contributed by atoms with E-state index >= 15 is 0 Å². The zero-order valence-corrected chi connectivity index (χ0v) is 62.9. The highest BCUT2D eigenvalue weighted by Gasteiger charge is 2.23. The summed E-state index contributed by atoms with van der Waals surface area (Å²) in [5, 5.41) is 11.8. The van der Waals surface area contributed by atoms with Gasteiger partial charge in [0, 0.05) is 75.5 Å². The van der Waals surface area contributed by atoms with Crippen LogP contribution in [0.5, 0.6) is 0 Å². The molecule has 0 unspecified atom stereocenters. The molecule has 0 spiro atoms. The summed E-state index contributed by atoms with van der Waals surface area (Å²) in [5.74, 6) is 0. The first-order valence-electron chi connectivity index (χ1n) is 38.9. The lowest BCUT2D eigenvalue weighted by molar-refractivity contribution is 1.30. The molecule has 542 valence electrons. The van der Waals surface area contributed by atoms with E-state index in [0.29, 0.717) is 0 Å². The summed E-state index contributed by atoms with van der Waals surface area (Å²) >= 11 is 0. The van der Waals surface area contributed by atoms with Crippen molar-refractivity contribution in [2.45, 2.75) is 0 Å². The van der Waals surface area contributed by atoms with E-state index in [9.17, 15) is 0 Å². The van der Waals surface area contributed by atoms with Gasteiger partial charge in [0.2, 0.25) is 0 Å². The third-order valence-corrected chi connectivity index (χ3v) is 21.7.